The second kappa shape index (κ2) is 8.29. The van der Waals surface area contributed by atoms with Crippen molar-refractivity contribution in [3.05, 3.63) is 29.8 Å². The number of benzene rings is 1. The lowest BCUT2D eigenvalue weighted by Gasteiger charge is -2.59. The Bertz CT molecular complexity index is 646. The SMILES string of the molecule is CCC1(C)CC(O)C(C)C(C)(CC)N1OC(C)c1ccc(OC(C)=O)cc1. The van der Waals surface area contributed by atoms with Gasteiger partial charge in [-0.2, -0.15) is 5.06 Å². The van der Waals surface area contributed by atoms with Gasteiger partial charge in [0, 0.05) is 23.9 Å². The van der Waals surface area contributed by atoms with Gasteiger partial charge in [0.1, 0.15) is 11.9 Å². The van der Waals surface area contributed by atoms with Crippen LogP contribution in [0, 0.1) is 5.92 Å². The molecule has 1 N–H and O–H groups in total. The van der Waals surface area contributed by atoms with Crippen molar-refractivity contribution < 1.29 is 19.5 Å². The Morgan fingerprint density at radius 1 is 1.26 bits per heavy atom. The van der Waals surface area contributed by atoms with Gasteiger partial charge in [-0.25, -0.2) is 0 Å². The van der Waals surface area contributed by atoms with Crippen LogP contribution in [0.25, 0.3) is 0 Å². The van der Waals surface area contributed by atoms with Gasteiger partial charge in [-0.05, 0) is 57.7 Å². The molecule has 5 atom stereocenters. The van der Waals surface area contributed by atoms with E-state index in [4.69, 9.17) is 9.57 Å². The highest BCUT2D eigenvalue weighted by Crippen LogP contribution is 2.47. The van der Waals surface area contributed by atoms with E-state index in [1.807, 2.05) is 19.1 Å². The molecule has 2 rings (SSSR count). The average molecular weight is 378 g/mol. The Balaban J connectivity index is 2.26. The molecule has 0 aliphatic carbocycles. The largest absolute Gasteiger partial charge is 0.427 e. The summed E-state index contributed by atoms with van der Waals surface area (Å²) in [6.07, 6.45) is 1.98. The Morgan fingerprint density at radius 3 is 2.33 bits per heavy atom. The van der Waals surface area contributed by atoms with E-state index in [1.54, 1.807) is 12.1 Å². The minimum absolute atomic E-state index is 0.112. The molecule has 1 aliphatic heterocycles. The number of hydroxylamine groups is 2. The number of hydrogen-bond donors (Lipinski definition) is 1. The van der Waals surface area contributed by atoms with Crippen molar-refractivity contribution in [1.29, 1.82) is 0 Å². The lowest BCUT2D eigenvalue weighted by Crippen LogP contribution is -2.67. The maximum absolute atomic E-state index is 11.1. The second-order valence-electron chi connectivity index (χ2n) is 8.33. The first-order chi connectivity index (χ1) is 12.6. The van der Waals surface area contributed by atoms with Gasteiger partial charge < -0.3 is 9.84 Å². The molecule has 0 bridgehead atoms. The predicted molar refractivity (Wildman–Crippen MR) is 106 cm³/mol. The van der Waals surface area contributed by atoms with Gasteiger partial charge in [0.15, 0.2) is 0 Å². The normalized spacial score (nSPS) is 32.9. The Labute approximate surface area is 163 Å². The quantitative estimate of drug-likeness (QED) is 0.578. The van der Waals surface area contributed by atoms with E-state index in [0.717, 1.165) is 18.4 Å². The molecular weight excluding hydrogens is 342 g/mol. The van der Waals surface area contributed by atoms with E-state index < -0.39 is 0 Å². The molecule has 0 radical (unpaired) electrons. The number of aliphatic hydroxyl groups excluding tert-OH is 1. The summed E-state index contributed by atoms with van der Waals surface area (Å²) in [5.74, 6) is 0.316. The molecule has 5 nitrogen and oxygen atoms in total. The summed E-state index contributed by atoms with van der Waals surface area (Å²) in [5.41, 5.74) is 0.526. The van der Waals surface area contributed by atoms with E-state index in [9.17, 15) is 9.90 Å². The number of rotatable bonds is 6. The fraction of sp³-hybridized carbons (Fsp3) is 0.682. The van der Waals surface area contributed by atoms with E-state index in [-0.39, 0.29) is 35.2 Å². The van der Waals surface area contributed by atoms with Gasteiger partial charge in [0.25, 0.3) is 0 Å². The summed E-state index contributed by atoms with van der Waals surface area (Å²) in [7, 11) is 0. The fourth-order valence-electron chi connectivity index (χ4n) is 4.12. The molecule has 152 valence electrons. The van der Waals surface area contributed by atoms with E-state index >= 15 is 0 Å². The topological polar surface area (TPSA) is 59.0 Å². The van der Waals surface area contributed by atoms with Gasteiger partial charge in [-0.3, -0.25) is 9.63 Å². The van der Waals surface area contributed by atoms with E-state index in [2.05, 4.69) is 39.7 Å². The van der Waals surface area contributed by atoms with Gasteiger partial charge in [-0.15, -0.1) is 0 Å². The number of nitrogens with zero attached hydrogens (tertiary/aromatic N) is 1. The highest BCUT2D eigenvalue weighted by Gasteiger charge is 2.53. The van der Waals surface area contributed by atoms with Crippen LogP contribution in [0.15, 0.2) is 24.3 Å². The van der Waals surface area contributed by atoms with Gasteiger partial charge >= 0.3 is 5.97 Å². The number of piperidine rings is 1. The molecule has 0 amide bonds. The lowest BCUT2D eigenvalue weighted by atomic mass is 9.69. The summed E-state index contributed by atoms with van der Waals surface area (Å²) in [5, 5.41) is 12.8. The highest BCUT2D eigenvalue weighted by atomic mass is 16.7. The highest BCUT2D eigenvalue weighted by molar-refractivity contribution is 5.69. The first-order valence-electron chi connectivity index (χ1n) is 10.0. The maximum Gasteiger partial charge on any atom is 0.308 e. The Morgan fingerprint density at radius 2 is 1.85 bits per heavy atom. The summed E-state index contributed by atoms with van der Waals surface area (Å²) in [6.45, 7) is 14.2. The zero-order valence-corrected chi connectivity index (χ0v) is 17.8. The number of hydrogen-bond acceptors (Lipinski definition) is 5. The van der Waals surface area contributed by atoms with Crippen molar-refractivity contribution in [2.45, 2.75) is 91.0 Å². The molecule has 1 aliphatic rings. The minimum atomic E-state index is -0.335. The van der Waals surface area contributed by atoms with Gasteiger partial charge in [0.2, 0.25) is 0 Å². The van der Waals surface area contributed by atoms with Crippen LogP contribution in [0.5, 0.6) is 5.75 Å². The van der Waals surface area contributed by atoms with Crippen molar-refractivity contribution in [2.75, 3.05) is 0 Å². The molecule has 0 aromatic heterocycles. The van der Waals surface area contributed by atoms with Crippen molar-refractivity contribution in [3.8, 4) is 5.75 Å². The molecular formula is C22H35NO4. The van der Waals surface area contributed by atoms with Crippen molar-refractivity contribution in [3.63, 3.8) is 0 Å². The van der Waals surface area contributed by atoms with Crippen molar-refractivity contribution in [2.24, 2.45) is 5.92 Å². The first-order valence-corrected chi connectivity index (χ1v) is 10.0. The zero-order chi connectivity index (χ0) is 20.4. The number of aliphatic hydroxyl groups is 1. The summed E-state index contributed by atoms with van der Waals surface area (Å²) in [6, 6.07) is 7.43. The van der Waals surface area contributed by atoms with Crippen LogP contribution in [0.4, 0.5) is 0 Å². The number of carbonyl (C=O) groups is 1. The number of ether oxygens (including phenoxy) is 1. The third-order valence-corrected chi connectivity index (χ3v) is 6.51. The molecule has 5 unspecified atom stereocenters. The molecule has 1 heterocycles. The van der Waals surface area contributed by atoms with Crippen molar-refractivity contribution in [1.82, 2.24) is 5.06 Å². The maximum atomic E-state index is 11.1. The number of carbonyl (C=O) groups excluding carboxylic acids is 1. The van der Waals surface area contributed by atoms with Crippen LogP contribution in [-0.2, 0) is 9.63 Å². The van der Waals surface area contributed by atoms with Crippen LogP contribution in [0.1, 0.15) is 79.4 Å². The molecule has 0 spiro atoms. The molecule has 1 fully saturated rings. The fourth-order valence-corrected chi connectivity index (χ4v) is 4.12. The van der Waals surface area contributed by atoms with Gasteiger partial charge in [0.05, 0.1) is 6.10 Å². The van der Waals surface area contributed by atoms with E-state index in [1.165, 1.54) is 6.92 Å². The molecule has 1 saturated heterocycles. The summed E-state index contributed by atoms with van der Waals surface area (Å²) >= 11 is 0. The molecule has 0 saturated carbocycles. The monoisotopic (exact) mass is 377 g/mol. The average Bonchev–Trinajstić information content (AvgIpc) is 2.63. The lowest BCUT2D eigenvalue weighted by molar-refractivity contribution is -0.336. The van der Waals surface area contributed by atoms with Crippen LogP contribution >= 0.6 is 0 Å². The number of esters is 1. The van der Waals surface area contributed by atoms with Gasteiger partial charge in [-0.1, -0.05) is 32.9 Å². The Kier molecular flexibility index (Phi) is 6.72. The molecule has 27 heavy (non-hydrogen) atoms. The Hall–Kier alpha value is -1.43. The standard InChI is InChI=1S/C22H35NO4/c1-8-21(6)14-20(25)15(3)22(7,9-2)23(21)27-16(4)18-10-12-19(13-11-18)26-17(5)24/h10-13,15-16,20,25H,8-9,14H2,1-7H3. The molecule has 1 aromatic rings. The third-order valence-electron chi connectivity index (χ3n) is 6.51. The molecule has 5 heteroatoms. The predicted octanol–water partition coefficient (Wildman–Crippen LogP) is 4.64. The molecule has 1 aromatic carbocycles. The summed E-state index contributed by atoms with van der Waals surface area (Å²) in [4.78, 5) is 17.6. The van der Waals surface area contributed by atoms with Crippen LogP contribution in [0.3, 0.4) is 0 Å². The zero-order valence-electron chi connectivity index (χ0n) is 17.8. The van der Waals surface area contributed by atoms with Crippen LogP contribution in [-0.4, -0.2) is 33.3 Å². The summed E-state index contributed by atoms with van der Waals surface area (Å²) < 4.78 is 5.11. The minimum Gasteiger partial charge on any atom is -0.427 e. The third kappa shape index (κ3) is 4.36. The first kappa shape index (κ1) is 21.9. The van der Waals surface area contributed by atoms with Crippen LogP contribution in [0.2, 0.25) is 0 Å². The smallest absolute Gasteiger partial charge is 0.308 e. The van der Waals surface area contributed by atoms with E-state index in [0.29, 0.717) is 12.2 Å². The van der Waals surface area contributed by atoms with Crippen LogP contribution < -0.4 is 4.74 Å². The van der Waals surface area contributed by atoms with Crippen molar-refractivity contribution >= 4 is 5.97 Å². The second-order valence-corrected chi connectivity index (χ2v) is 8.33.